The van der Waals surface area contributed by atoms with E-state index >= 15 is 0 Å². The number of hydrogen-bond donors (Lipinski definition) is 0. The van der Waals surface area contributed by atoms with E-state index in [0.29, 0.717) is 41.3 Å². The minimum atomic E-state index is -0.971. The quantitative estimate of drug-likeness (QED) is 0.270. The molecule has 4 rings (SSSR count). The van der Waals surface area contributed by atoms with E-state index in [2.05, 4.69) is 16.8 Å². The maximum atomic E-state index is 14.6. The van der Waals surface area contributed by atoms with Crippen molar-refractivity contribution in [2.75, 3.05) is 7.11 Å². The molecule has 3 aromatic carbocycles. The predicted molar refractivity (Wildman–Crippen MR) is 119 cm³/mol. The monoisotopic (exact) mass is 449 g/mol. The first kappa shape index (κ1) is 22.5. The van der Waals surface area contributed by atoms with Gasteiger partial charge in [-0.1, -0.05) is 24.0 Å². The number of halogens is 4. The minimum absolute atomic E-state index is 0.342. The highest BCUT2D eigenvalue weighted by Gasteiger charge is 2.10. The van der Waals surface area contributed by atoms with Crippen LogP contribution in [0, 0.1) is 35.1 Å². The van der Waals surface area contributed by atoms with Crippen LogP contribution in [0.1, 0.15) is 27.9 Å². The zero-order chi connectivity index (χ0) is 23.4. The third kappa shape index (κ3) is 5.39. The lowest BCUT2D eigenvalue weighted by atomic mass is 10.0. The molecule has 0 bridgehead atoms. The van der Waals surface area contributed by atoms with Gasteiger partial charge in [0.2, 0.25) is 0 Å². The molecule has 0 fully saturated rings. The summed E-state index contributed by atoms with van der Waals surface area (Å²) in [6, 6.07) is 13.2. The lowest BCUT2D eigenvalue weighted by Crippen LogP contribution is -1.99. The first-order valence-corrected chi connectivity index (χ1v) is 10.2. The van der Waals surface area contributed by atoms with Crippen molar-refractivity contribution in [3.63, 3.8) is 0 Å². The molecule has 33 heavy (non-hydrogen) atoms. The Balaban J connectivity index is 1.50. The standard InChI is InChI=1S/C27H19F4NO/c1-33-16-19-4-8-22(32-15-19)7-3-18-11-24(28)23(25(29)12-18)9-5-17-2-6-20-13-26(30)27(31)14-21(20)10-17/h2,4,6,8,10-15H,3,7,16H2,1H3. The zero-order valence-electron chi connectivity index (χ0n) is 17.8. The van der Waals surface area contributed by atoms with Crippen molar-refractivity contribution < 1.29 is 22.3 Å². The van der Waals surface area contributed by atoms with E-state index in [1.165, 1.54) is 12.1 Å². The fourth-order valence-electron chi connectivity index (χ4n) is 3.47. The summed E-state index contributed by atoms with van der Waals surface area (Å²) in [7, 11) is 1.61. The van der Waals surface area contributed by atoms with Crippen LogP contribution in [0.2, 0.25) is 0 Å². The van der Waals surface area contributed by atoms with Gasteiger partial charge >= 0.3 is 0 Å². The van der Waals surface area contributed by atoms with Crippen molar-refractivity contribution in [3.8, 4) is 11.8 Å². The molecular formula is C27H19F4NO. The van der Waals surface area contributed by atoms with Gasteiger partial charge in [0.25, 0.3) is 0 Å². The van der Waals surface area contributed by atoms with E-state index in [4.69, 9.17) is 4.74 Å². The Hall–Kier alpha value is -3.69. The molecule has 0 aliphatic heterocycles. The Morgan fingerprint density at radius 2 is 1.45 bits per heavy atom. The predicted octanol–water partition coefficient (Wildman–Crippen LogP) is 6.12. The van der Waals surface area contributed by atoms with Gasteiger partial charge in [-0.25, -0.2) is 17.6 Å². The minimum Gasteiger partial charge on any atom is -0.380 e. The van der Waals surface area contributed by atoms with E-state index in [1.54, 1.807) is 31.5 Å². The van der Waals surface area contributed by atoms with Crippen molar-refractivity contribution in [2.24, 2.45) is 0 Å². The second kappa shape index (κ2) is 9.85. The Kier molecular flexibility index (Phi) is 6.71. The summed E-state index contributed by atoms with van der Waals surface area (Å²) >= 11 is 0. The van der Waals surface area contributed by atoms with Crippen molar-refractivity contribution in [3.05, 3.63) is 112 Å². The molecule has 0 amide bonds. The molecule has 6 heteroatoms. The second-order valence-electron chi connectivity index (χ2n) is 7.60. The summed E-state index contributed by atoms with van der Waals surface area (Å²) in [4.78, 5) is 4.34. The maximum absolute atomic E-state index is 14.6. The highest BCUT2D eigenvalue weighted by atomic mass is 19.2. The number of methoxy groups -OCH3 is 1. The summed E-state index contributed by atoms with van der Waals surface area (Å²) in [5.41, 5.74) is 2.35. The van der Waals surface area contributed by atoms with Gasteiger partial charge in [0, 0.05) is 24.6 Å². The van der Waals surface area contributed by atoms with E-state index < -0.39 is 23.3 Å². The fraction of sp³-hybridized carbons (Fsp3) is 0.148. The molecule has 4 aromatic rings. The topological polar surface area (TPSA) is 22.1 Å². The van der Waals surface area contributed by atoms with E-state index in [1.807, 2.05) is 12.1 Å². The van der Waals surface area contributed by atoms with Crippen LogP contribution in [-0.4, -0.2) is 12.1 Å². The average Bonchev–Trinajstić information content (AvgIpc) is 2.79. The molecule has 0 radical (unpaired) electrons. The lowest BCUT2D eigenvalue weighted by molar-refractivity contribution is 0.184. The molecule has 0 spiro atoms. The molecule has 0 saturated carbocycles. The fourth-order valence-corrected chi connectivity index (χ4v) is 3.47. The molecule has 1 heterocycles. The van der Waals surface area contributed by atoms with Crippen LogP contribution in [-0.2, 0) is 24.2 Å². The van der Waals surface area contributed by atoms with Crippen molar-refractivity contribution in [2.45, 2.75) is 19.4 Å². The van der Waals surface area contributed by atoms with Crippen LogP contribution in [0.25, 0.3) is 10.8 Å². The SMILES string of the molecule is COCc1ccc(CCc2cc(F)c(C#Cc3ccc4cc(F)c(F)cc4c3)c(F)c2)nc1. The van der Waals surface area contributed by atoms with Gasteiger partial charge in [-0.3, -0.25) is 4.98 Å². The molecule has 1 aromatic heterocycles. The number of pyridine rings is 1. The molecule has 2 nitrogen and oxygen atoms in total. The van der Waals surface area contributed by atoms with Gasteiger partial charge in [-0.05, 0) is 77.2 Å². The number of fused-ring (bicyclic) bond motifs is 1. The summed E-state index contributed by atoms with van der Waals surface area (Å²) in [6.45, 7) is 0.473. The summed E-state index contributed by atoms with van der Waals surface area (Å²) < 4.78 is 61.0. The van der Waals surface area contributed by atoms with Crippen LogP contribution in [0.5, 0.6) is 0 Å². The van der Waals surface area contributed by atoms with Gasteiger partial charge in [-0.15, -0.1) is 0 Å². The average molecular weight is 449 g/mol. The van der Waals surface area contributed by atoms with Gasteiger partial charge in [0.15, 0.2) is 11.6 Å². The maximum Gasteiger partial charge on any atom is 0.159 e. The Bertz CT molecular complexity index is 1350. The molecule has 0 aliphatic rings. The van der Waals surface area contributed by atoms with E-state index in [-0.39, 0.29) is 5.56 Å². The molecule has 0 saturated heterocycles. The lowest BCUT2D eigenvalue weighted by Gasteiger charge is -2.06. The van der Waals surface area contributed by atoms with Gasteiger partial charge < -0.3 is 4.74 Å². The number of rotatable bonds is 5. The Morgan fingerprint density at radius 1 is 0.727 bits per heavy atom. The molecule has 166 valence electrons. The number of aryl methyl sites for hydroxylation is 2. The first-order valence-electron chi connectivity index (χ1n) is 10.2. The molecular weight excluding hydrogens is 430 g/mol. The van der Waals surface area contributed by atoms with Crippen LogP contribution >= 0.6 is 0 Å². The molecule has 0 aliphatic carbocycles. The van der Waals surface area contributed by atoms with Crippen LogP contribution in [0.3, 0.4) is 0 Å². The Morgan fingerprint density at radius 3 is 2.12 bits per heavy atom. The smallest absolute Gasteiger partial charge is 0.159 e. The van der Waals surface area contributed by atoms with Crippen molar-refractivity contribution >= 4 is 10.8 Å². The number of ether oxygens (including phenoxy) is 1. The second-order valence-corrected chi connectivity index (χ2v) is 7.60. The highest BCUT2D eigenvalue weighted by Crippen LogP contribution is 2.20. The van der Waals surface area contributed by atoms with Crippen molar-refractivity contribution in [1.29, 1.82) is 0 Å². The third-order valence-electron chi connectivity index (χ3n) is 5.18. The highest BCUT2D eigenvalue weighted by molar-refractivity contribution is 5.84. The molecule has 0 atom stereocenters. The largest absolute Gasteiger partial charge is 0.380 e. The number of aromatic nitrogens is 1. The first-order chi connectivity index (χ1) is 15.9. The zero-order valence-corrected chi connectivity index (χ0v) is 17.8. The Labute approximate surface area is 188 Å². The molecule has 0 N–H and O–H groups in total. The van der Waals surface area contributed by atoms with E-state index in [9.17, 15) is 17.6 Å². The number of benzene rings is 3. The van der Waals surface area contributed by atoms with Crippen LogP contribution < -0.4 is 0 Å². The summed E-state index contributed by atoms with van der Waals surface area (Å²) in [5, 5.41) is 0.949. The van der Waals surface area contributed by atoms with Crippen molar-refractivity contribution in [1.82, 2.24) is 4.98 Å². The summed E-state index contributed by atoms with van der Waals surface area (Å²) in [5.74, 6) is 1.79. The number of hydrogen-bond acceptors (Lipinski definition) is 2. The summed E-state index contributed by atoms with van der Waals surface area (Å²) in [6.07, 6.45) is 2.67. The van der Waals surface area contributed by atoms with Crippen LogP contribution in [0.4, 0.5) is 17.6 Å². The normalized spacial score (nSPS) is 10.8. The van der Waals surface area contributed by atoms with Gasteiger partial charge in [-0.2, -0.15) is 0 Å². The van der Waals surface area contributed by atoms with Gasteiger partial charge in [0.05, 0.1) is 12.2 Å². The molecule has 0 unspecified atom stereocenters. The van der Waals surface area contributed by atoms with Gasteiger partial charge in [0.1, 0.15) is 11.6 Å². The third-order valence-corrected chi connectivity index (χ3v) is 5.18. The van der Waals surface area contributed by atoms with Crippen LogP contribution in [0.15, 0.2) is 60.8 Å². The number of nitrogens with zero attached hydrogens (tertiary/aromatic N) is 1. The van der Waals surface area contributed by atoms with E-state index in [0.717, 1.165) is 23.4 Å².